The number of hydrogen-bond acceptors (Lipinski definition) is 3. The summed E-state index contributed by atoms with van der Waals surface area (Å²) in [5.41, 5.74) is 1.74. The molecular formula is C17H26O3. The summed E-state index contributed by atoms with van der Waals surface area (Å²) in [6.45, 7) is 7.12. The van der Waals surface area contributed by atoms with Crippen LogP contribution in [0.25, 0.3) is 0 Å². The molecule has 3 heteroatoms. The van der Waals surface area contributed by atoms with E-state index in [9.17, 15) is 4.79 Å². The third-order valence-corrected chi connectivity index (χ3v) is 3.12. The Morgan fingerprint density at radius 1 is 1.10 bits per heavy atom. The first-order valence-electron chi connectivity index (χ1n) is 7.65. The Kier molecular flexibility index (Phi) is 7.78. The Balaban J connectivity index is 2.87. The minimum Gasteiger partial charge on any atom is -0.493 e. The maximum atomic E-state index is 11.9. The van der Waals surface area contributed by atoms with E-state index in [0.717, 1.165) is 32.1 Å². The molecule has 0 atom stereocenters. The Bertz CT molecular complexity index is 413. The minimum atomic E-state index is -0.305. The summed E-state index contributed by atoms with van der Waals surface area (Å²) >= 11 is 0. The van der Waals surface area contributed by atoms with Crippen molar-refractivity contribution in [3.05, 3.63) is 29.3 Å². The third kappa shape index (κ3) is 5.24. The second kappa shape index (κ2) is 9.40. The van der Waals surface area contributed by atoms with Crippen LogP contribution in [0.1, 0.15) is 62.4 Å². The van der Waals surface area contributed by atoms with Gasteiger partial charge >= 0.3 is 5.97 Å². The van der Waals surface area contributed by atoms with E-state index < -0.39 is 0 Å². The van der Waals surface area contributed by atoms with E-state index in [0.29, 0.717) is 24.5 Å². The fraction of sp³-hybridized carbons (Fsp3) is 0.588. The van der Waals surface area contributed by atoms with E-state index in [-0.39, 0.29) is 5.97 Å². The summed E-state index contributed by atoms with van der Waals surface area (Å²) in [5.74, 6) is 0.353. The van der Waals surface area contributed by atoms with Gasteiger partial charge in [-0.05, 0) is 43.9 Å². The third-order valence-electron chi connectivity index (χ3n) is 3.12. The number of carbonyl (C=O) groups is 1. The molecule has 0 aliphatic rings. The number of esters is 1. The predicted octanol–water partition coefficient (Wildman–Crippen LogP) is 4.38. The maximum Gasteiger partial charge on any atom is 0.341 e. The number of benzene rings is 1. The predicted molar refractivity (Wildman–Crippen MR) is 81.4 cm³/mol. The van der Waals surface area contributed by atoms with E-state index in [4.69, 9.17) is 9.47 Å². The van der Waals surface area contributed by atoms with E-state index in [1.54, 1.807) is 0 Å². The highest BCUT2D eigenvalue weighted by Crippen LogP contribution is 2.23. The molecule has 0 aliphatic carbocycles. The molecule has 1 aromatic carbocycles. The van der Waals surface area contributed by atoms with Gasteiger partial charge in [-0.15, -0.1) is 0 Å². The second-order valence-electron chi connectivity index (χ2n) is 4.86. The Morgan fingerprint density at radius 2 is 1.85 bits per heavy atom. The molecule has 1 aromatic rings. The first kappa shape index (κ1) is 16.5. The van der Waals surface area contributed by atoms with Gasteiger partial charge in [-0.3, -0.25) is 0 Å². The quantitative estimate of drug-likeness (QED) is 0.496. The van der Waals surface area contributed by atoms with Gasteiger partial charge in [-0.1, -0.05) is 32.8 Å². The lowest BCUT2D eigenvalue weighted by Gasteiger charge is -2.12. The van der Waals surface area contributed by atoms with Gasteiger partial charge in [-0.2, -0.15) is 0 Å². The first-order valence-corrected chi connectivity index (χ1v) is 7.65. The Labute approximate surface area is 122 Å². The lowest BCUT2D eigenvalue weighted by molar-refractivity contribution is 0.0521. The molecule has 0 unspecified atom stereocenters. The smallest absolute Gasteiger partial charge is 0.341 e. The van der Waals surface area contributed by atoms with Crippen LogP contribution in [0.5, 0.6) is 5.75 Å². The normalized spacial score (nSPS) is 10.3. The molecule has 0 amide bonds. The van der Waals surface area contributed by atoms with Crippen molar-refractivity contribution >= 4 is 5.97 Å². The molecule has 3 nitrogen and oxygen atoms in total. The van der Waals surface area contributed by atoms with Gasteiger partial charge in [0.05, 0.1) is 13.2 Å². The molecule has 0 fully saturated rings. The van der Waals surface area contributed by atoms with Crippen molar-refractivity contribution in [2.24, 2.45) is 0 Å². The van der Waals surface area contributed by atoms with Crippen LogP contribution in [0.4, 0.5) is 0 Å². The molecule has 0 saturated carbocycles. The van der Waals surface area contributed by atoms with Crippen LogP contribution < -0.4 is 4.74 Å². The molecule has 20 heavy (non-hydrogen) atoms. The molecule has 112 valence electrons. The second-order valence-corrected chi connectivity index (χ2v) is 4.86. The summed E-state index contributed by atoms with van der Waals surface area (Å²) in [7, 11) is 0. The van der Waals surface area contributed by atoms with E-state index in [1.165, 1.54) is 5.56 Å². The lowest BCUT2D eigenvalue weighted by atomic mass is 10.1. The fourth-order valence-electron chi connectivity index (χ4n) is 1.93. The zero-order valence-electron chi connectivity index (χ0n) is 12.9. The Hall–Kier alpha value is -1.51. The van der Waals surface area contributed by atoms with Crippen LogP contribution in [0.3, 0.4) is 0 Å². The lowest BCUT2D eigenvalue weighted by Crippen LogP contribution is -2.09. The van der Waals surface area contributed by atoms with Crippen molar-refractivity contribution in [1.82, 2.24) is 0 Å². The molecule has 1 rings (SSSR count). The average molecular weight is 278 g/mol. The van der Waals surface area contributed by atoms with Gasteiger partial charge < -0.3 is 9.47 Å². The molecule has 0 radical (unpaired) electrons. The molecule has 0 N–H and O–H groups in total. The Morgan fingerprint density at radius 3 is 2.50 bits per heavy atom. The van der Waals surface area contributed by atoms with Crippen LogP contribution in [-0.4, -0.2) is 19.2 Å². The standard InChI is InChI=1S/C17H26O3/c1-4-7-9-14-10-11-15(17(18)19-6-3)16(13-14)20-12-8-5-2/h10-11,13H,4-9,12H2,1-3H3. The van der Waals surface area contributed by atoms with Crippen LogP contribution >= 0.6 is 0 Å². The first-order chi connectivity index (χ1) is 9.72. The molecule has 0 heterocycles. The molecule has 0 aromatic heterocycles. The molecule has 0 bridgehead atoms. The zero-order valence-corrected chi connectivity index (χ0v) is 12.9. The van der Waals surface area contributed by atoms with Crippen molar-refractivity contribution in [1.29, 1.82) is 0 Å². The van der Waals surface area contributed by atoms with Gasteiger partial charge in [0.15, 0.2) is 0 Å². The fourth-order valence-corrected chi connectivity index (χ4v) is 1.93. The number of ether oxygens (including phenoxy) is 2. The van der Waals surface area contributed by atoms with Crippen molar-refractivity contribution in [2.45, 2.75) is 52.9 Å². The van der Waals surface area contributed by atoms with E-state index >= 15 is 0 Å². The summed E-state index contributed by atoms with van der Waals surface area (Å²) in [6, 6.07) is 5.80. The van der Waals surface area contributed by atoms with Gasteiger partial charge in [-0.25, -0.2) is 4.79 Å². The molecule has 0 saturated heterocycles. The average Bonchev–Trinajstić information content (AvgIpc) is 2.45. The van der Waals surface area contributed by atoms with Crippen LogP contribution in [0.15, 0.2) is 18.2 Å². The number of hydrogen-bond donors (Lipinski definition) is 0. The highest BCUT2D eigenvalue weighted by atomic mass is 16.5. The highest BCUT2D eigenvalue weighted by Gasteiger charge is 2.14. The molecular weight excluding hydrogens is 252 g/mol. The van der Waals surface area contributed by atoms with Gasteiger partial charge in [0.25, 0.3) is 0 Å². The maximum absolute atomic E-state index is 11.9. The minimum absolute atomic E-state index is 0.305. The largest absolute Gasteiger partial charge is 0.493 e. The topological polar surface area (TPSA) is 35.5 Å². The summed E-state index contributed by atoms with van der Waals surface area (Å²) < 4.78 is 10.8. The van der Waals surface area contributed by atoms with E-state index in [1.807, 2.05) is 25.1 Å². The van der Waals surface area contributed by atoms with Crippen LogP contribution in [0.2, 0.25) is 0 Å². The van der Waals surface area contributed by atoms with Crippen molar-refractivity contribution in [2.75, 3.05) is 13.2 Å². The highest BCUT2D eigenvalue weighted by molar-refractivity contribution is 5.92. The van der Waals surface area contributed by atoms with Crippen molar-refractivity contribution in [3.8, 4) is 5.75 Å². The number of unbranched alkanes of at least 4 members (excludes halogenated alkanes) is 2. The number of carbonyl (C=O) groups excluding carboxylic acids is 1. The number of rotatable bonds is 9. The molecule has 0 aliphatic heterocycles. The number of aryl methyl sites for hydroxylation is 1. The van der Waals surface area contributed by atoms with Crippen LogP contribution in [-0.2, 0) is 11.2 Å². The molecule has 0 spiro atoms. The van der Waals surface area contributed by atoms with Crippen LogP contribution in [0, 0.1) is 0 Å². The monoisotopic (exact) mass is 278 g/mol. The van der Waals surface area contributed by atoms with Crippen molar-refractivity contribution < 1.29 is 14.3 Å². The van der Waals surface area contributed by atoms with Gasteiger partial charge in [0.2, 0.25) is 0 Å². The SMILES string of the molecule is CCCCOc1cc(CCCC)ccc1C(=O)OCC. The van der Waals surface area contributed by atoms with E-state index in [2.05, 4.69) is 13.8 Å². The van der Waals surface area contributed by atoms with Crippen molar-refractivity contribution in [3.63, 3.8) is 0 Å². The van der Waals surface area contributed by atoms with Gasteiger partial charge in [0, 0.05) is 0 Å². The summed E-state index contributed by atoms with van der Waals surface area (Å²) in [4.78, 5) is 11.9. The van der Waals surface area contributed by atoms with Gasteiger partial charge in [0.1, 0.15) is 11.3 Å². The summed E-state index contributed by atoms with van der Waals surface area (Å²) in [5, 5.41) is 0. The zero-order chi connectivity index (χ0) is 14.8. The summed E-state index contributed by atoms with van der Waals surface area (Å²) in [6.07, 6.45) is 5.38.